The fourth-order valence-corrected chi connectivity index (χ4v) is 0.832. The molecule has 0 amide bonds. The molecule has 0 aliphatic carbocycles. The summed E-state index contributed by atoms with van der Waals surface area (Å²) in [6.07, 6.45) is 2.49. The van der Waals surface area contributed by atoms with Crippen molar-refractivity contribution in [3.63, 3.8) is 0 Å². The first-order valence-electron chi connectivity index (χ1n) is 2.90. The highest BCUT2D eigenvalue weighted by Crippen LogP contribution is 2.17. The molecule has 11 heavy (non-hydrogen) atoms. The molecule has 0 spiro atoms. The van der Waals surface area contributed by atoms with Crippen molar-refractivity contribution in [1.82, 2.24) is 4.98 Å². The Hall–Kier alpha value is -1.14. The Morgan fingerprint density at radius 2 is 2.36 bits per heavy atom. The first-order valence-corrected chi connectivity index (χ1v) is 3.28. The highest BCUT2D eigenvalue weighted by atomic mass is 35.5. The van der Waals surface area contributed by atoms with Gasteiger partial charge in [0.2, 0.25) is 0 Å². The van der Waals surface area contributed by atoms with E-state index in [4.69, 9.17) is 16.9 Å². The number of nitriles is 1. The predicted octanol–water partition coefficient (Wildman–Crippen LogP) is 1.94. The smallest absolute Gasteiger partial charge is 0.160 e. The first kappa shape index (κ1) is 7.96. The molecule has 2 nitrogen and oxygen atoms in total. The lowest BCUT2D eigenvalue weighted by Crippen LogP contribution is -1.89. The van der Waals surface area contributed by atoms with E-state index >= 15 is 0 Å². The van der Waals surface area contributed by atoms with Crippen LogP contribution >= 0.6 is 11.6 Å². The van der Waals surface area contributed by atoms with Gasteiger partial charge in [0.05, 0.1) is 23.7 Å². The van der Waals surface area contributed by atoms with Crippen molar-refractivity contribution >= 4 is 11.6 Å². The Kier molecular flexibility index (Phi) is 2.40. The lowest BCUT2D eigenvalue weighted by molar-refractivity contribution is 0.620. The third-order valence-electron chi connectivity index (χ3n) is 1.18. The number of hydrogen-bond donors (Lipinski definition) is 0. The fraction of sp³-hybridized carbons (Fsp3) is 0.143. The van der Waals surface area contributed by atoms with E-state index in [1.54, 1.807) is 0 Å². The van der Waals surface area contributed by atoms with Gasteiger partial charge in [0.15, 0.2) is 5.82 Å². The summed E-state index contributed by atoms with van der Waals surface area (Å²) in [5.74, 6) is -0.584. The van der Waals surface area contributed by atoms with E-state index in [0.717, 1.165) is 6.20 Å². The molecule has 1 aromatic heterocycles. The Labute approximate surface area is 68.2 Å². The summed E-state index contributed by atoms with van der Waals surface area (Å²) in [7, 11) is 0. The molecule has 1 rings (SSSR count). The zero-order chi connectivity index (χ0) is 8.27. The minimum Gasteiger partial charge on any atom is -0.261 e. The van der Waals surface area contributed by atoms with E-state index in [0.29, 0.717) is 5.56 Å². The molecule has 0 aromatic carbocycles. The quantitative estimate of drug-likeness (QED) is 0.646. The Balaban J connectivity index is 3.08. The van der Waals surface area contributed by atoms with Crippen LogP contribution < -0.4 is 0 Å². The summed E-state index contributed by atoms with van der Waals surface area (Å²) < 4.78 is 12.6. The Morgan fingerprint density at radius 3 is 3.00 bits per heavy atom. The van der Waals surface area contributed by atoms with Gasteiger partial charge in [-0.15, -0.1) is 0 Å². The molecule has 56 valence electrons. The van der Waals surface area contributed by atoms with E-state index < -0.39 is 5.82 Å². The van der Waals surface area contributed by atoms with Crippen LogP contribution in [0.3, 0.4) is 0 Å². The molecule has 0 unspecified atom stereocenters. The van der Waals surface area contributed by atoms with Crippen molar-refractivity contribution in [2.45, 2.75) is 6.42 Å². The van der Waals surface area contributed by atoms with Crippen molar-refractivity contribution in [1.29, 1.82) is 5.26 Å². The van der Waals surface area contributed by atoms with Crippen LogP contribution in [0.2, 0.25) is 5.02 Å². The minimum atomic E-state index is -0.584. The molecule has 0 saturated carbocycles. The zero-order valence-corrected chi connectivity index (χ0v) is 6.27. The summed E-state index contributed by atoms with van der Waals surface area (Å²) in [4.78, 5) is 3.55. The van der Waals surface area contributed by atoms with Crippen molar-refractivity contribution in [2.75, 3.05) is 0 Å². The molecule has 0 aliphatic rings. The number of rotatable bonds is 1. The number of aromatic nitrogens is 1. The maximum Gasteiger partial charge on any atom is 0.160 e. The van der Waals surface area contributed by atoms with Crippen molar-refractivity contribution in [3.05, 3.63) is 28.8 Å². The Bertz CT molecular complexity index is 306. The molecule has 0 radical (unpaired) electrons. The summed E-state index contributed by atoms with van der Waals surface area (Å²) in [5, 5.41) is 8.26. The fourth-order valence-electron chi connectivity index (χ4n) is 0.668. The largest absolute Gasteiger partial charge is 0.261 e. The van der Waals surface area contributed by atoms with Gasteiger partial charge in [-0.05, 0) is 0 Å². The summed E-state index contributed by atoms with van der Waals surface area (Å²) in [5.41, 5.74) is 0.425. The molecule has 1 heterocycles. The van der Waals surface area contributed by atoms with Crippen LogP contribution in [0.5, 0.6) is 0 Å². The number of hydrogen-bond acceptors (Lipinski definition) is 2. The van der Waals surface area contributed by atoms with Gasteiger partial charge in [-0.25, -0.2) is 4.39 Å². The van der Waals surface area contributed by atoms with Crippen molar-refractivity contribution in [2.24, 2.45) is 0 Å². The van der Waals surface area contributed by atoms with Crippen LogP contribution in [0.1, 0.15) is 5.56 Å². The topological polar surface area (TPSA) is 36.7 Å². The highest BCUT2D eigenvalue weighted by Gasteiger charge is 2.04. The van der Waals surface area contributed by atoms with E-state index in [1.165, 1.54) is 6.20 Å². The lowest BCUT2D eigenvalue weighted by Gasteiger charge is -1.97. The van der Waals surface area contributed by atoms with Crippen molar-refractivity contribution in [3.8, 4) is 6.07 Å². The van der Waals surface area contributed by atoms with Gasteiger partial charge in [-0.3, -0.25) is 4.98 Å². The molecule has 0 N–H and O–H groups in total. The molecule has 4 heteroatoms. The zero-order valence-electron chi connectivity index (χ0n) is 5.51. The van der Waals surface area contributed by atoms with Crippen LogP contribution in [-0.4, -0.2) is 4.98 Å². The second-order valence-electron chi connectivity index (χ2n) is 1.93. The minimum absolute atomic E-state index is 0.0125. The van der Waals surface area contributed by atoms with Crippen LogP contribution in [-0.2, 0) is 6.42 Å². The number of pyridine rings is 1. The van der Waals surface area contributed by atoms with Gasteiger partial charge in [0, 0.05) is 11.8 Å². The van der Waals surface area contributed by atoms with Crippen LogP contribution in [0.4, 0.5) is 4.39 Å². The lowest BCUT2D eigenvalue weighted by atomic mass is 10.2. The standard InChI is InChI=1S/C7H4ClFN2/c8-7-5(1-2-10)3-11-4-6(7)9/h3-4H,1H2. The van der Waals surface area contributed by atoms with Gasteiger partial charge >= 0.3 is 0 Å². The van der Waals surface area contributed by atoms with E-state index in [9.17, 15) is 4.39 Å². The van der Waals surface area contributed by atoms with Crippen molar-refractivity contribution < 1.29 is 4.39 Å². The molecular weight excluding hydrogens is 167 g/mol. The van der Waals surface area contributed by atoms with Crippen LogP contribution in [0.15, 0.2) is 12.4 Å². The molecule has 0 aliphatic heterocycles. The Morgan fingerprint density at radius 1 is 1.64 bits per heavy atom. The summed E-state index contributed by atoms with van der Waals surface area (Å²) in [6, 6.07) is 1.86. The molecule has 0 atom stereocenters. The maximum absolute atomic E-state index is 12.6. The second kappa shape index (κ2) is 3.31. The number of halogens is 2. The van der Waals surface area contributed by atoms with Gasteiger partial charge in [-0.2, -0.15) is 5.26 Å². The van der Waals surface area contributed by atoms with Crippen LogP contribution in [0.25, 0.3) is 0 Å². The molecule has 0 saturated heterocycles. The number of nitrogens with zero attached hydrogens (tertiary/aromatic N) is 2. The maximum atomic E-state index is 12.6. The molecule has 0 bridgehead atoms. The van der Waals surface area contributed by atoms with Gasteiger partial charge in [0.25, 0.3) is 0 Å². The monoisotopic (exact) mass is 170 g/mol. The second-order valence-corrected chi connectivity index (χ2v) is 2.31. The molecule has 0 fully saturated rings. The molecule has 1 aromatic rings. The SMILES string of the molecule is N#CCc1cncc(F)c1Cl. The van der Waals surface area contributed by atoms with E-state index in [2.05, 4.69) is 4.98 Å². The van der Waals surface area contributed by atoms with Gasteiger partial charge in [-0.1, -0.05) is 11.6 Å². The van der Waals surface area contributed by atoms with E-state index in [1.807, 2.05) is 6.07 Å². The normalized spacial score (nSPS) is 9.18. The average Bonchev–Trinajstić information content (AvgIpc) is 1.99. The third kappa shape index (κ3) is 1.66. The average molecular weight is 171 g/mol. The summed E-state index contributed by atoms with van der Waals surface area (Å²) >= 11 is 5.51. The third-order valence-corrected chi connectivity index (χ3v) is 1.60. The van der Waals surface area contributed by atoms with Gasteiger partial charge < -0.3 is 0 Å². The highest BCUT2D eigenvalue weighted by molar-refractivity contribution is 6.31. The predicted molar refractivity (Wildman–Crippen MR) is 38.5 cm³/mol. The summed E-state index contributed by atoms with van der Waals surface area (Å²) in [6.45, 7) is 0. The van der Waals surface area contributed by atoms with E-state index in [-0.39, 0.29) is 11.4 Å². The van der Waals surface area contributed by atoms with Gasteiger partial charge in [0.1, 0.15) is 0 Å². The first-order chi connectivity index (χ1) is 5.25. The molecular formula is C7H4ClFN2. The van der Waals surface area contributed by atoms with Crippen LogP contribution in [0, 0.1) is 17.1 Å².